The van der Waals surface area contributed by atoms with Gasteiger partial charge in [-0.25, -0.2) is 8.42 Å². The number of hydrogen-bond acceptors (Lipinski definition) is 5. The predicted molar refractivity (Wildman–Crippen MR) is 126 cm³/mol. The van der Waals surface area contributed by atoms with Gasteiger partial charge in [-0.2, -0.15) is 4.31 Å². The van der Waals surface area contributed by atoms with Gasteiger partial charge in [0.1, 0.15) is 6.04 Å². The quantitative estimate of drug-likeness (QED) is 0.487. The summed E-state index contributed by atoms with van der Waals surface area (Å²) < 4.78 is 27.7. The summed E-state index contributed by atoms with van der Waals surface area (Å²) in [6.45, 7) is 2.10. The Labute approximate surface area is 197 Å². The summed E-state index contributed by atoms with van der Waals surface area (Å²) in [6.07, 6.45) is 0.905. The van der Waals surface area contributed by atoms with Crippen LogP contribution in [0.15, 0.2) is 71.6 Å². The van der Waals surface area contributed by atoms with Gasteiger partial charge >= 0.3 is 0 Å². The predicted octanol–water partition coefficient (Wildman–Crippen LogP) is 3.56. The third kappa shape index (κ3) is 3.55. The number of anilines is 1. The smallest absolute Gasteiger partial charge is 0.243 e. The number of fused-ring (bicyclic) bond motifs is 2. The number of carbonyl (C=O) groups excluding carboxylic acids is 3. The fraction of sp³-hybridized carbons (Fsp3) is 0.192. The minimum absolute atomic E-state index is 0.130. The molecule has 3 aromatic carbocycles. The van der Waals surface area contributed by atoms with E-state index in [1.807, 2.05) is 6.92 Å². The minimum atomic E-state index is -3.87. The second-order valence-corrected chi connectivity index (χ2v) is 10.4. The van der Waals surface area contributed by atoms with Crippen LogP contribution in [0, 0.1) is 6.92 Å². The fourth-order valence-corrected chi connectivity index (χ4v) is 6.26. The molecule has 1 N–H and O–H groups in total. The van der Waals surface area contributed by atoms with Crippen LogP contribution < -0.4 is 5.32 Å². The third-order valence-corrected chi connectivity index (χ3v) is 8.27. The van der Waals surface area contributed by atoms with Crippen LogP contribution in [-0.2, 0) is 14.8 Å². The summed E-state index contributed by atoms with van der Waals surface area (Å²) >= 11 is 0. The summed E-state index contributed by atoms with van der Waals surface area (Å²) in [5.74, 6) is -1.16. The van der Waals surface area contributed by atoms with Crippen molar-refractivity contribution >= 4 is 33.2 Å². The van der Waals surface area contributed by atoms with E-state index in [9.17, 15) is 22.8 Å². The fourth-order valence-electron chi connectivity index (χ4n) is 4.60. The molecule has 34 heavy (non-hydrogen) atoms. The number of rotatable bonds is 4. The number of benzene rings is 3. The first-order valence-electron chi connectivity index (χ1n) is 11.0. The van der Waals surface area contributed by atoms with Crippen molar-refractivity contribution in [3.63, 3.8) is 0 Å². The Bertz CT molecular complexity index is 1440. The van der Waals surface area contributed by atoms with Gasteiger partial charge in [0.2, 0.25) is 15.9 Å². The Hall–Kier alpha value is -3.62. The van der Waals surface area contributed by atoms with Crippen molar-refractivity contribution in [2.45, 2.75) is 30.7 Å². The van der Waals surface area contributed by atoms with Crippen LogP contribution in [0.5, 0.6) is 0 Å². The number of hydrogen-bond donors (Lipinski definition) is 1. The Morgan fingerprint density at radius 1 is 0.882 bits per heavy atom. The van der Waals surface area contributed by atoms with Crippen molar-refractivity contribution in [2.24, 2.45) is 0 Å². The van der Waals surface area contributed by atoms with E-state index in [4.69, 9.17) is 0 Å². The van der Waals surface area contributed by atoms with E-state index in [1.54, 1.807) is 54.6 Å². The monoisotopic (exact) mass is 474 g/mol. The number of nitrogens with one attached hydrogen (secondary N) is 1. The Morgan fingerprint density at radius 2 is 1.53 bits per heavy atom. The van der Waals surface area contributed by atoms with Gasteiger partial charge in [-0.15, -0.1) is 0 Å². The second kappa shape index (κ2) is 8.30. The van der Waals surface area contributed by atoms with Crippen molar-refractivity contribution < 1.29 is 22.8 Å². The van der Waals surface area contributed by atoms with E-state index in [0.29, 0.717) is 18.4 Å². The molecule has 1 heterocycles. The Balaban J connectivity index is 1.46. The molecular formula is C26H22N2O5S. The highest BCUT2D eigenvalue weighted by Crippen LogP contribution is 2.33. The lowest BCUT2D eigenvalue weighted by molar-refractivity contribution is -0.119. The maximum Gasteiger partial charge on any atom is 0.243 e. The number of nitrogens with zero attached hydrogens (tertiary/aromatic N) is 1. The van der Waals surface area contributed by atoms with Gasteiger partial charge in [0, 0.05) is 23.2 Å². The molecule has 5 rings (SSSR count). The van der Waals surface area contributed by atoms with Crippen LogP contribution in [0.4, 0.5) is 5.69 Å². The molecule has 7 nitrogen and oxygen atoms in total. The van der Waals surface area contributed by atoms with Crippen molar-refractivity contribution in [2.75, 3.05) is 11.9 Å². The number of aryl methyl sites for hydroxylation is 1. The maximum absolute atomic E-state index is 13.3. The molecule has 0 bridgehead atoms. The molecule has 1 fully saturated rings. The van der Waals surface area contributed by atoms with E-state index < -0.39 is 22.0 Å². The van der Waals surface area contributed by atoms with Gasteiger partial charge in [-0.05, 0) is 38.0 Å². The molecular weight excluding hydrogens is 452 g/mol. The summed E-state index contributed by atoms with van der Waals surface area (Å²) in [5, 5.41) is 2.74. The van der Waals surface area contributed by atoms with Crippen LogP contribution in [0.2, 0.25) is 0 Å². The molecule has 8 heteroatoms. The summed E-state index contributed by atoms with van der Waals surface area (Å²) in [6, 6.07) is 16.9. The molecule has 1 atom stereocenters. The number of sulfonamides is 1. The molecule has 1 aliphatic heterocycles. The average Bonchev–Trinajstić information content (AvgIpc) is 3.34. The Morgan fingerprint density at radius 3 is 2.24 bits per heavy atom. The maximum atomic E-state index is 13.3. The summed E-state index contributed by atoms with van der Waals surface area (Å²) in [4.78, 5) is 39.6. The lowest BCUT2D eigenvalue weighted by Gasteiger charge is -2.25. The van der Waals surface area contributed by atoms with Crippen LogP contribution >= 0.6 is 0 Å². The first-order chi connectivity index (χ1) is 16.3. The standard InChI is InChI=1S/C26H22N2O5S/c1-16-11-13-17(14-12-16)34(32,33)28-15-5-10-22(28)26(31)27-21-9-4-8-20-23(21)25(30)19-7-3-2-6-18(19)24(20)29/h2-4,6-9,11-14,22H,5,10,15H2,1H3,(H,27,31). The van der Waals surface area contributed by atoms with Gasteiger partial charge in [0.15, 0.2) is 11.6 Å². The van der Waals surface area contributed by atoms with Crippen molar-refractivity contribution in [1.29, 1.82) is 0 Å². The number of carbonyl (C=O) groups is 3. The van der Waals surface area contributed by atoms with Crippen molar-refractivity contribution in [3.05, 3.63) is 94.5 Å². The largest absolute Gasteiger partial charge is 0.324 e. The third-order valence-electron chi connectivity index (χ3n) is 6.34. The molecule has 172 valence electrons. The molecule has 1 unspecified atom stereocenters. The minimum Gasteiger partial charge on any atom is -0.324 e. The topological polar surface area (TPSA) is 101 Å². The van der Waals surface area contributed by atoms with Crippen molar-refractivity contribution in [1.82, 2.24) is 4.31 Å². The lowest BCUT2D eigenvalue weighted by Crippen LogP contribution is -2.43. The van der Waals surface area contributed by atoms with Crippen LogP contribution in [0.3, 0.4) is 0 Å². The molecule has 0 aromatic heterocycles. The highest BCUT2D eigenvalue weighted by molar-refractivity contribution is 7.89. The van der Waals surface area contributed by atoms with Gasteiger partial charge in [0.05, 0.1) is 16.1 Å². The van der Waals surface area contributed by atoms with E-state index in [-0.39, 0.29) is 45.4 Å². The first-order valence-corrected chi connectivity index (χ1v) is 12.4. The zero-order valence-electron chi connectivity index (χ0n) is 18.4. The van der Waals surface area contributed by atoms with E-state index >= 15 is 0 Å². The van der Waals surface area contributed by atoms with Crippen molar-refractivity contribution in [3.8, 4) is 0 Å². The lowest BCUT2D eigenvalue weighted by atomic mass is 9.83. The molecule has 0 radical (unpaired) electrons. The highest BCUT2D eigenvalue weighted by atomic mass is 32.2. The molecule has 1 saturated heterocycles. The van der Waals surface area contributed by atoms with Gasteiger partial charge < -0.3 is 5.32 Å². The summed E-state index contributed by atoms with van der Waals surface area (Å²) in [5.41, 5.74) is 2.10. The van der Waals surface area contributed by atoms with E-state index in [0.717, 1.165) is 5.56 Å². The van der Waals surface area contributed by atoms with Crippen LogP contribution in [-0.4, -0.2) is 42.8 Å². The Kier molecular flexibility index (Phi) is 5.42. The van der Waals surface area contributed by atoms with Crippen LogP contribution in [0.1, 0.15) is 50.2 Å². The molecule has 1 aliphatic carbocycles. The normalized spacial score (nSPS) is 17.9. The first kappa shape index (κ1) is 22.2. The van der Waals surface area contributed by atoms with E-state index in [1.165, 1.54) is 16.4 Å². The molecule has 3 aromatic rings. The summed E-state index contributed by atoms with van der Waals surface area (Å²) in [7, 11) is -3.87. The van der Waals surface area contributed by atoms with Gasteiger partial charge in [-0.1, -0.05) is 54.1 Å². The molecule has 1 amide bonds. The molecule has 0 saturated carbocycles. The zero-order valence-corrected chi connectivity index (χ0v) is 19.3. The number of ketones is 2. The average molecular weight is 475 g/mol. The highest BCUT2D eigenvalue weighted by Gasteiger charge is 2.40. The zero-order chi connectivity index (χ0) is 24.0. The number of amides is 1. The van der Waals surface area contributed by atoms with Gasteiger partial charge in [-0.3, -0.25) is 14.4 Å². The second-order valence-electron chi connectivity index (χ2n) is 8.51. The van der Waals surface area contributed by atoms with Gasteiger partial charge in [0.25, 0.3) is 0 Å². The molecule has 2 aliphatic rings. The van der Waals surface area contributed by atoms with Crippen LogP contribution in [0.25, 0.3) is 0 Å². The molecule has 0 spiro atoms. The SMILES string of the molecule is Cc1ccc(S(=O)(=O)N2CCCC2C(=O)Nc2cccc3c2C(=O)c2ccccc2C3=O)cc1. The van der Waals surface area contributed by atoms with E-state index in [2.05, 4.69) is 5.32 Å².